The number of carbonyl (C=O) groups excluding carboxylic acids is 2. The van der Waals surface area contributed by atoms with Gasteiger partial charge in [-0.3, -0.25) is 9.59 Å². The van der Waals surface area contributed by atoms with Gasteiger partial charge in [0.25, 0.3) is 0 Å². The van der Waals surface area contributed by atoms with Crippen LogP contribution in [0.2, 0.25) is 0 Å². The lowest BCUT2D eigenvalue weighted by Gasteiger charge is -2.42. The molecule has 0 aromatic heterocycles. The summed E-state index contributed by atoms with van der Waals surface area (Å²) in [7, 11) is 0. The number of carbonyl (C=O) groups is 2. The summed E-state index contributed by atoms with van der Waals surface area (Å²) in [5.74, 6) is -0.739. The predicted molar refractivity (Wildman–Crippen MR) is 81.0 cm³/mol. The van der Waals surface area contributed by atoms with E-state index < -0.39 is 43.1 Å². The van der Waals surface area contributed by atoms with Crippen LogP contribution in [0.3, 0.4) is 0 Å². The minimum atomic E-state index is -1.37. The summed E-state index contributed by atoms with van der Waals surface area (Å²) in [4.78, 5) is 23.2. The number of amides is 2. The molecule has 0 bridgehead atoms. The van der Waals surface area contributed by atoms with Crippen LogP contribution in [-0.2, 0) is 14.3 Å². The maximum atomic E-state index is 11.9. The lowest BCUT2D eigenvalue weighted by molar-refractivity contribution is -0.203. The number of rotatable bonds is 8. The van der Waals surface area contributed by atoms with Crippen molar-refractivity contribution in [1.29, 1.82) is 0 Å². The smallest absolute Gasteiger partial charge is 0.222 e. The molecule has 0 radical (unpaired) electrons. The number of aliphatic hydroxyl groups excluding tert-OH is 3. The number of hydrogen-bond acceptors (Lipinski definition) is 7. The summed E-state index contributed by atoms with van der Waals surface area (Å²) in [6.45, 7) is 1.30. The molecule has 1 heterocycles. The van der Waals surface area contributed by atoms with Crippen molar-refractivity contribution in [3.8, 4) is 0 Å². The molecule has 0 aromatic carbocycles. The van der Waals surface area contributed by atoms with Crippen LogP contribution in [0.5, 0.6) is 0 Å². The SMILES string of the molecule is CC(=O)N[C@H]1[C@@H](O)[C@H](O)[C@@H](CO)O[C@H]1NC(=O)CCCCCN. The molecule has 2 amide bonds. The van der Waals surface area contributed by atoms with Gasteiger partial charge in [-0.1, -0.05) is 6.42 Å². The van der Waals surface area contributed by atoms with Gasteiger partial charge in [-0.15, -0.1) is 0 Å². The van der Waals surface area contributed by atoms with E-state index in [0.29, 0.717) is 13.0 Å². The van der Waals surface area contributed by atoms with E-state index in [1.54, 1.807) is 0 Å². The van der Waals surface area contributed by atoms with Gasteiger partial charge < -0.3 is 36.4 Å². The van der Waals surface area contributed by atoms with Gasteiger partial charge in [0, 0.05) is 13.3 Å². The van der Waals surface area contributed by atoms with Gasteiger partial charge in [-0.05, 0) is 19.4 Å². The predicted octanol–water partition coefficient (Wildman–Crippen LogP) is -2.43. The minimum Gasteiger partial charge on any atom is -0.394 e. The largest absolute Gasteiger partial charge is 0.394 e. The van der Waals surface area contributed by atoms with Crippen molar-refractivity contribution >= 4 is 11.8 Å². The Morgan fingerprint density at radius 2 is 1.83 bits per heavy atom. The van der Waals surface area contributed by atoms with Crippen LogP contribution in [0, 0.1) is 0 Å². The molecule has 0 aliphatic carbocycles. The molecule has 1 fully saturated rings. The molecule has 0 saturated carbocycles. The first-order valence-electron chi connectivity index (χ1n) is 7.79. The van der Waals surface area contributed by atoms with Crippen LogP contribution in [0.25, 0.3) is 0 Å². The first-order chi connectivity index (χ1) is 10.9. The Morgan fingerprint density at radius 3 is 2.39 bits per heavy atom. The Kier molecular flexibility index (Phi) is 8.42. The lowest BCUT2D eigenvalue weighted by atomic mass is 9.95. The second-order valence-corrected chi connectivity index (χ2v) is 5.65. The highest BCUT2D eigenvalue weighted by Gasteiger charge is 2.45. The van der Waals surface area contributed by atoms with Crippen LogP contribution in [0.4, 0.5) is 0 Å². The summed E-state index contributed by atoms with van der Waals surface area (Å²) in [6.07, 6.45) is -2.23. The van der Waals surface area contributed by atoms with Crippen LogP contribution >= 0.6 is 0 Å². The molecule has 0 aromatic rings. The number of nitrogens with two attached hydrogens (primary N) is 1. The van der Waals surface area contributed by atoms with E-state index in [0.717, 1.165) is 12.8 Å². The van der Waals surface area contributed by atoms with Crippen LogP contribution in [0.1, 0.15) is 32.6 Å². The average molecular weight is 333 g/mol. The van der Waals surface area contributed by atoms with E-state index in [4.69, 9.17) is 10.5 Å². The van der Waals surface area contributed by atoms with Crippen LogP contribution in [-0.4, -0.2) is 70.9 Å². The zero-order valence-electron chi connectivity index (χ0n) is 13.3. The molecule has 134 valence electrons. The third-order valence-corrected chi connectivity index (χ3v) is 3.71. The Balaban J connectivity index is 2.65. The van der Waals surface area contributed by atoms with Crippen LogP contribution in [0.15, 0.2) is 0 Å². The summed E-state index contributed by atoms with van der Waals surface area (Å²) in [5.41, 5.74) is 5.38. The standard InChI is InChI=1S/C14H27N3O6/c1-8(19)16-11-13(22)12(21)9(7-18)23-14(11)17-10(20)5-3-2-4-6-15/h9,11-14,18,21-22H,2-7,15H2,1H3,(H,16,19)(H,17,20)/t9-,11+,12-,13-,14-/m1/s1. The Labute approximate surface area is 135 Å². The number of nitrogens with one attached hydrogen (secondary N) is 2. The van der Waals surface area contributed by atoms with E-state index in [1.165, 1.54) is 6.92 Å². The molecule has 7 N–H and O–H groups in total. The van der Waals surface area contributed by atoms with Crippen molar-refractivity contribution < 1.29 is 29.6 Å². The summed E-state index contributed by atoms with van der Waals surface area (Å²) in [5, 5.41) is 34.2. The van der Waals surface area contributed by atoms with Crippen molar-refractivity contribution in [3.63, 3.8) is 0 Å². The Hall–Kier alpha value is -1.26. The molecule has 0 unspecified atom stereocenters. The molecule has 9 heteroatoms. The summed E-state index contributed by atoms with van der Waals surface area (Å²) in [6, 6.07) is -1.00. The van der Waals surface area contributed by atoms with Gasteiger partial charge in [-0.2, -0.15) is 0 Å². The summed E-state index contributed by atoms with van der Waals surface area (Å²) >= 11 is 0. The van der Waals surface area contributed by atoms with E-state index in [1.807, 2.05) is 0 Å². The maximum Gasteiger partial charge on any atom is 0.222 e. The molecule has 23 heavy (non-hydrogen) atoms. The molecule has 1 saturated heterocycles. The third kappa shape index (κ3) is 6.04. The molecule has 1 aliphatic heterocycles. The highest BCUT2D eigenvalue weighted by molar-refractivity contribution is 5.76. The van der Waals surface area contributed by atoms with Crippen molar-refractivity contribution in [2.45, 2.75) is 63.2 Å². The zero-order chi connectivity index (χ0) is 17.4. The first kappa shape index (κ1) is 19.8. The molecule has 1 rings (SSSR count). The van der Waals surface area contributed by atoms with Gasteiger partial charge in [0.05, 0.1) is 6.61 Å². The van der Waals surface area contributed by atoms with Gasteiger partial charge >= 0.3 is 0 Å². The number of aliphatic hydroxyl groups is 3. The summed E-state index contributed by atoms with van der Waals surface area (Å²) < 4.78 is 5.40. The number of hydrogen-bond donors (Lipinski definition) is 6. The molecular formula is C14H27N3O6. The topological polar surface area (TPSA) is 154 Å². The highest BCUT2D eigenvalue weighted by Crippen LogP contribution is 2.20. The maximum absolute atomic E-state index is 11.9. The third-order valence-electron chi connectivity index (χ3n) is 3.71. The minimum absolute atomic E-state index is 0.259. The van der Waals surface area contributed by atoms with Crippen molar-refractivity contribution in [3.05, 3.63) is 0 Å². The Bertz CT molecular complexity index is 395. The van der Waals surface area contributed by atoms with Gasteiger partial charge in [0.2, 0.25) is 11.8 Å². The van der Waals surface area contributed by atoms with Gasteiger partial charge in [0.1, 0.15) is 24.4 Å². The molecule has 0 spiro atoms. The van der Waals surface area contributed by atoms with E-state index in [-0.39, 0.29) is 12.3 Å². The first-order valence-corrected chi connectivity index (χ1v) is 7.79. The second-order valence-electron chi connectivity index (χ2n) is 5.65. The van der Waals surface area contributed by atoms with E-state index in [9.17, 15) is 24.9 Å². The zero-order valence-corrected chi connectivity index (χ0v) is 13.3. The normalized spacial score (nSPS) is 30.7. The van der Waals surface area contributed by atoms with Crippen molar-refractivity contribution in [1.82, 2.24) is 10.6 Å². The quantitative estimate of drug-likeness (QED) is 0.270. The number of unbranched alkanes of at least 4 members (excludes halogenated alkanes) is 2. The van der Waals surface area contributed by atoms with Crippen molar-refractivity contribution in [2.24, 2.45) is 5.73 Å². The van der Waals surface area contributed by atoms with Gasteiger partial charge in [0.15, 0.2) is 6.23 Å². The van der Waals surface area contributed by atoms with E-state index in [2.05, 4.69) is 10.6 Å². The van der Waals surface area contributed by atoms with Crippen molar-refractivity contribution in [2.75, 3.05) is 13.2 Å². The fourth-order valence-corrected chi connectivity index (χ4v) is 2.47. The molecule has 5 atom stereocenters. The number of ether oxygens (including phenoxy) is 1. The average Bonchev–Trinajstić information content (AvgIpc) is 2.50. The monoisotopic (exact) mass is 333 g/mol. The molecule has 9 nitrogen and oxygen atoms in total. The lowest BCUT2D eigenvalue weighted by Crippen LogP contribution is -2.68. The van der Waals surface area contributed by atoms with E-state index >= 15 is 0 Å². The fraction of sp³-hybridized carbons (Fsp3) is 0.857. The van der Waals surface area contributed by atoms with Crippen LogP contribution < -0.4 is 16.4 Å². The Morgan fingerprint density at radius 1 is 1.13 bits per heavy atom. The molecule has 1 aliphatic rings. The second kappa shape index (κ2) is 9.78. The fourth-order valence-electron chi connectivity index (χ4n) is 2.47. The van der Waals surface area contributed by atoms with Gasteiger partial charge in [-0.25, -0.2) is 0 Å². The highest BCUT2D eigenvalue weighted by atomic mass is 16.5. The molecular weight excluding hydrogens is 306 g/mol.